The molecule has 0 spiro atoms. The quantitative estimate of drug-likeness (QED) is 0.819. The number of aromatic hydroxyl groups is 1. The van der Waals surface area contributed by atoms with Gasteiger partial charge in [-0.3, -0.25) is 4.90 Å². The number of hydrogen-bond donors (Lipinski definition) is 2. The Hall–Kier alpha value is -0.740. The smallest absolute Gasteiger partial charge is 0.120 e. The van der Waals surface area contributed by atoms with Crippen LogP contribution in [0.15, 0.2) is 36.9 Å². The topological polar surface area (TPSA) is 35.5 Å². The molecule has 2 rings (SSSR count). The molecule has 1 aromatic carbocycles. The van der Waals surface area contributed by atoms with Crippen molar-refractivity contribution < 1.29 is 5.11 Å². The maximum Gasteiger partial charge on any atom is 0.120 e. The van der Waals surface area contributed by atoms with Crippen LogP contribution in [0.5, 0.6) is 5.75 Å². The molecule has 1 saturated heterocycles. The molecule has 1 aliphatic rings. The van der Waals surface area contributed by atoms with Crippen LogP contribution >= 0.6 is 24.8 Å². The van der Waals surface area contributed by atoms with Crippen molar-refractivity contribution in [2.24, 2.45) is 0 Å². The van der Waals surface area contributed by atoms with Crippen molar-refractivity contribution in [3.8, 4) is 5.75 Å². The van der Waals surface area contributed by atoms with Gasteiger partial charge in [-0.05, 0) is 18.9 Å². The van der Waals surface area contributed by atoms with Gasteiger partial charge in [-0.2, -0.15) is 0 Å². The lowest BCUT2D eigenvalue weighted by Crippen LogP contribution is -2.45. The van der Waals surface area contributed by atoms with E-state index in [1.165, 1.54) is 0 Å². The molecular formula is C15H24Cl2N2O. The lowest BCUT2D eigenvalue weighted by Gasteiger charge is -2.35. The van der Waals surface area contributed by atoms with Gasteiger partial charge >= 0.3 is 0 Å². The largest absolute Gasteiger partial charge is 0.508 e. The van der Waals surface area contributed by atoms with Gasteiger partial charge in [-0.1, -0.05) is 24.3 Å². The SMILES string of the molecule is C=CCC[C@H](c1ccccc1O)N1CCNCC1.Cl.Cl. The van der Waals surface area contributed by atoms with Gasteiger partial charge in [-0.15, -0.1) is 31.4 Å². The van der Waals surface area contributed by atoms with E-state index in [2.05, 4.69) is 16.8 Å². The minimum absolute atomic E-state index is 0. The predicted octanol–water partition coefficient (Wildman–Crippen LogP) is 3.15. The summed E-state index contributed by atoms with van der Waals surface area (Å²) in [5.41, 5.74) is 1.04. The summed E-state index contributed by atoms with van der Waals surface area (Å²) in [6, 6.07) is 7.98. The molecule has 1 aliphatic heterocycles. The number of phenolic OH excluding ortho intramolecular Hbond substituents is 1. The first-order chi connectivity index (χ1) is 8.83. The van der Waals surface area contributed by atoms with Crippen LogP contribution in [0.1, 0.15) is 24.4 Å². The average molecular weight is 319 g/mol. The van der Waals surface area contributed by atoms with Crippen LogP contribution in [0.4, 0.5) is 0 Å². The molecule has 0 saturated carbocycles. The van der Waals surface area contributed by atoms with E-state index in [1.54, 1.807) is 6.07 Å². The van der Waals surface area contributed by atoms with Gasteiger partial charge in [-0.25, -0.2) is 0 Å². The molecular weight excluding hydrogens is 295 g/mol. The second-order valence-electron chi connectivity index (χ2n) is 4.73. The average Bonchev–Trinajstić information content (AvgIpc) is 2.42. The number of para-hydroxylation sites is 1. The monoisotopic (exact) mass is 318 g/mol. The summed E-state index contributed by atoms with van der Waals surface area (Å²) in [5.74, 6) is 0.407. The molecule has 3 nitrogen and oxygen atoms in total. The van der Waals surface area contributed by atoms with Crippen molar-refractivity contribution in [3.05, 3.63) is 42.5 Å². The molecule has 2 N–H and O–H groups in total. The van der Waals surface area contributed by atoms with Crippen LogP contribution in [0.3, 0.4) is 0 Å². The third kappa shape index (κ3) is 4.98. The minimum atomic E-state index is 0. The van der Waals surface area contributed by atoms with E-state index in [4.69, 9.17) is 0 Å². The third-order valence-corrected chi connectivity index (χ3v) is 3.53. The number of rotatable bonds is 5. The zero-order valence-corrected chi connectivity index (χ0v) is 13.3. The molecule has 0 radical (unpaired) electrons. The number of piperazine rings is 1. The van der Waals surface area contributed by atoms with E-state index in [0.29, 0.717) is 11.8 Å². The molecule has 20 heavy (non-hydrogen) atoms. The molecule has 1 heterocycles. The highest BCUT2D eigenvalue weighted by atomic mass is 35.5. The number of halogens is 2. The summed E-state index contributed by atoms with van der Waals surface area (Å²) in [6.45, 7) is 7.93. The number of nitrogens with zero attached hydrogens (tertiary/aromatic N) is 1. The van der Waals surface area contributed by atoms with Crippen molar-refractivity contribution in [3.63, 3.8) is 0 Å². The van der Waals surface area contributed by atoms with E-state index >= 15 is 0 Å². The molecule has 0 unspecified atom stereocenters. The molecule has 0 aliphatic carbocycles. The summed E-state index contributed by atoms with van der Waals surface area (Å²) < 4.78 is 0. The first kappa shape index (κ1) is 19.3. The molecule has 1 atom stereocenters. The van der Waals surface area contributed by atoms with Crippen LogP contribution in [-0.4, -0.2) is 36.2 Å². The fraction of sp³-hybridized carbons (Fsp3) is 0.467. The Bertz CT molecular complexity index is 395. The number of nitrogens with one attached hydrogen (secondary N) is 1. The first-order valence-corrected chi connectivity index (χ1v) is 6.66. The van der Waals surface area contributed by atoms with Crippen LogP contribution in [0.25, 0.3) is 0 Å². The zero-order chi connectivity index (χ0) is 12.8. The summed E-state index contributed by atoms with van der Waals surface area (Å²) in [6.07, 6.45) is 3.94. The Morgan fingerprint density at radius 2 is 1.90 bits per heavy atom. The van der Waals surface area contributed by atoms with E-state index in [1.807, 2.05) is 24.3 Å². The van der Waals surface area contributed by atoms with Crippen molar-refractivity contribution in [1.82, 2.24) is 10.2 Å². The van der Waals surface area contributed by atoms with E-state index in [0.717, 1.165) is 44.6 Å². The molecule has 114 valence electrons. The number of hydrogen-bond acceptors (Lipinski definition) is 3. The predicted molar refractivity (Wildman–Crippen MR) is 89.2 cm³/mol. The van der Waals surface area contributed by atoms with E-state index in [-0.39, 0.29) is 24.8 Å². The number of phenols is 1. The summed E-state index contributed by atoms with van der Waals surface area (Å²) >= 11 is 0. The van der Waals surface area contributed by atoms with Crippen LogP contribution in [-0.2, 0) is 0 Å². The van der Waals surface area contributed by atoms with Gasteiger partial charge in [0.15, 0.2) is 0 Å². The molecule has 1 aromatic rings. The Morgan fingerprint density at radius 1 is 1.25 bits per heavy atom. The van der Waals surface area contributed by atoms with Crippen molar-refractivity contribution in [1.29, 1.82) is 0 Å². The highest BCUT2D eigenvalue weighted by Crippen LogP contribution is 2.32. The summed E-state index contributed by atoms with van der Waals surface area (Å²) in [4.78, 5) is 2.45. The second kappa shape index (κ2) is 10.1. The fourth-order valence-electron chi connectivity index (χ4n) is 2.57. The van der Waals surface area contributed by atoms with Crippen molar-refractivity contribution >= 4 is 24.8 Å². The fourth-order valence-corrected chi connectivity index (χ4v) is 2.57. The van der Waals surface area contributed by atoms with Crippen molar-refractivity contribution in [2.45, 2.75) is 18.9 Å². The number of benzene rings is 1. The van der Waals surface area contributed by atoms with Gasteiger partial charge in [0.1, 0.15) is 5.75 Å². The van der Waals surface area contributed by atoms with Gasteiger partial charge < -0.3 is 10.4 Å². The number of allylic oxidation sites excluding steroid dienone is 1. The van der Waals surface area contributed by atoms with E-state index < -0.39 is 0 Å². The second-order valence-corrected chi connectivity index (χ2v) is 4.73. The van der Waals surface area contributed by atoms with Crippen LogP contribution in [0.2, 0.25) is 0 Å². The van der Waals surface area contributed by atoms with E-state index in [9.17, 15) is 5.11 Å². The van der Waals surface area contributed by atoms with Gasteiger partial charge in [0.05, 0.1) is 0 Å². The molecule has 0 bridgehead atoms. The Morgan fingerprint density at radius 3 is 2.50 bits per heavy atom. The standard InChI is InChI=1S/C15H22N2O.2ClH/c1-2-3-7-14(17-11-9-16-10-12-17)13-6-4-5-8-15(13)18;;/h2,4-6,8,14,16,18H,1,3,7,9-12H2;2*1H/t14-;;/m1../s1. The minimum Gasteiger partial charge on any atom is -0.508 e. The Balaban J connectivity index is 0.00000180. The third-order valence-electron chi connectivity index (χ3n) is 3.53. The summed E-state index contributed by atoms with van der Waals surface area (Å²) in [5, 5.41) is 13.4. The van der Waals surface area contributed by atoms with Gasteiger partial charge in [0.2, 0.25) is 0 Å². The van der Waals surface area contributed by atoms with Crippen LogP contribution in [0, 0.1) is 0 Å². The van der Waals surface area contributed by atoms with Gasteiger partial charge in [0, 0.05) is 37.8 Å². The summed E-state index contributed by atoms with van der Waals surface area (Å²) in [7, 11) is 0. The zero-order valence-electron chi connectivity index (χ0n) is 11.6. The molecule has 5 heteroatoms. The van der Waals surface area contributed by atoms with Crippen molar-refractivity contribution in [2.75, 3.05) is 26.2 Å². The van der Waals surface area contributed by atoms with Crippen LogP contribution < -0.4 is 5.32 Å². The lowest BCUT2D eigenvalue weighted by atomic mass is 9.98. The lowest BCUT2D eigenvalue weighted by molar-refractivity contribution is 0.163. The Kier molecular flexibility index (Phi) is 9.68. The highest BCUT2D eigenvalue weighted by Gasteiger charge is 2.23. The highest BCUT2D eigenvalue weighted by molar-refractivity contribution is 5.85. The Labute approximate surface area is 133 Å². The first-order valence-electron chi connectivity index (χ1n) is 6.66. The normalized spacial score (nSPS) is 16.6. The molecule has 0 amide bonds. The maximum atomic E-state index is 10.0. The van der Waals surface area contributed by atoms with Gasteiger partial charge in [0.25, 0.3) is 0 Å². The molecule has 1 fully saturated rings. The molecule has 0 aromatic heterocycles. The maximum absolute atomic E-state index is 10.0.